The molecule has 11 rings (SSSR count). The van der Waals surface area contributed by atoms with E-state index in [0.29, 0.717) is 23.7 Å². The van der Waals surface area contributed by atoms with Gasteiger partial charge in [-0.2, -0.15) is 0 Å². The zero-order chi connectivity index (χ0) is 48.5. The molecule has 0 N–H and O–H groups in total. The number of benzene rings is 5. The van der Waals surface area contributed by atoms with Crippen LogP contribution < -0.4 is 4.90 Å². The highest BCUT2D eigenvalue weighted by Gasteiger charge is 2.32. The first-order chi connectivity index (χ1) is 34.1. The molecule has 3 aromatic heterocycles. The van der Waals surface area contributed by atoms with Crippen LogP contribution in [0.2, 0.25) is 0 Å². The van der Waals surface area contributed by atoms with Gasteiger partial charge < -0.3 is 4.90 Å². The maximum absolute atomic E-state index is 5.05. The van der Waals surface area contributed by atoms with Crippen LogP contribution in [-0.2, 0) is 6.42 Å². The molecule has 0 bridgehead atoms. The minimum atomic E-state index is 0.254. The maximum atomic E-state index is 5.05. The number of anilines is 1. The van der Waals surface area contributed by atoms with Crippen LogP contribution in [0.1, 0.15) is 137 Å². The molecule has 354 valence electrons. The fraction of sp³-hybridized carbons (Fsp3) is 0.290. The molecule has 0 saturated heterocycles. The van der Waals surface area contributed by atoms with Crippen molar-refractivity contribution in [3.05, 3.63) is 196 Å². The average Bonchev–Trinajstić information content (AvgIpc) is 4.24. The first-order valence-electron chi connectivity index (χ1n) is 25.3. The van der Waals surface area contributed by atoms with E-state index in [1.54, 1.807) is 11.8 Å². The van der Waals surface area contributed by atoms with Crippen LogP contribution in [0, 0.1) is 12.8 Å². The average molecular weight is 940 g/mol. The largest absolute Gasteiger partial charge is 0.321 e. The molecule has 4 heterocycles. The minimum Gasteiger partial charge on any atom is -0.321 e. The van der Waals surface area contributed by atoms with E-state index < -0.39 is 0 Å². The van der Waals surface area contributed by atoms with Crippen molar-refractivity contribution in [1.29, 1.82) is 0 Å². The molecule has 3 aliphatic rings. The van der Waals surface area contributed by atoms with E-state index >= 15 is 0 Å². The number of aromatic nitrogens is 6. The van der Waals surface area contributed by atoms with Gasteiger partial charge in [0.25, 0.3) is 0 Å². The molecule has 1 aliphatic heterocycles. The van der Waals surface area contributed by atoms with E-state index in [9.17, 15) is 0 Å². The van der Waals surface area contributed by atoms with E-state index in [0.717, 1.165) is 35.1 Å². The lowest BCUT2D eigenvalue weighted by Gasteiger charge is -2.29. The number of hydrogen-bond donors (Lipinski definition) is 0. The van der Waals surface area contributed by atoms with Crippen molar-refractivity contribution in [2.45, 2.75) is 111 Å². The standard InChI is InChI=1S/C39H39N5S.C23H26N2/c1-24(2)27(6)30-10-7-8-11-31(30)39-42-14-15-44(39)37-34(43-16-18-45-19-17-43)23-28-21-32-26(5)20-29(38-40-12-9-13-41-38)22-33(32)36(28)35(37)25(3)4;1-17(2)20-13-8-14-21(18-9-6-7-10-18)22(20)25-16-15-24-23(25)19-11-4-3-5-12-19/h7-20,22-25,27H,21H2,1-6H3;3-5,8,11-18H,6-7,9-10H2,1-2H3. The van der Waals surface area contributed by atoms with Crippen LogP contribution in [0.3, 0.4) is 0 Å². The van der Waals surface area contributed by atoms with Crippen molar-refractivity contribution in [2.24, 2.45) is 5.92 Å². The molecule has 8 heteroatoms. The lowest BCUT2D eigenvalue weighted by Crippen LogP contribution is -2.16. The number of thioether (sulfide) groups is 1. The lowest BCUT2D eigenvalue weighted by molar-refractivity contribution is 0.536. The van der Waals surface area contributed by atoms with Crippen LogP contribution in [0.5, 0.6) is 0 Å². The molecule has 1 fully saturated rings. The molecule has 1 saturated carbocycles. The highest BCUT2D eigenvalue weighted by atomic mass is 32.2. The monoisotopic (exact) mass is 940 g/mol. The lowest BCUT2D eigenvalue weighted by atomic mass is 9.86. The predicted molar refractivity (Wildman–Crippen MR) is 293 cm³/mol. The smallest absolute Gasteiger partial charge is 0.159 e. The number of fused-ring (bicyclic) bond motifs is 3. The first-order valence-corrected chi connectivity index (χ1v) is 26.3. The van der Waals surface area contributed by atoms with Crippen LogP contribution in [0.4, 0.5) is 5.69 Å². The third kappa shape index (κ3) is 8.99. The second kappa shape index (κ2) is 20.3. The summed E-state index contributed by atoms with van der Waals surface area (Å²) in [5.74, 6) is 5.10. The van der Waals surface area contributed by atoms with Gasteiger partial charge >= 0.3 is 0 Å². The molecule has 1 atom stereocenters. The van der Waals surface area contributed by atoms with Gasteiger partial charge in [0.05, 0.1) is 17.1 Å². The van der Waals surface area contributed by atoms with Crippen molar-refractivity contribution >= 4 is 17.4 Å². The molecule has 0 spiro atoms. The molecule has 2 aliphatic carbocycles. The quantitative estimate of drug-likeness (QED) is 0.129. The number of aryl methyl sites for hydroxylation is 1. The minimum absolute atomic E-state index is 0.254. The molecule has 8 aromatic rings. The predicted octanol–water partition coefficient (Wildman–Crippen LogP) is 16.6. The van der Waals surface area contributed by atoms with Gasteiger partial charge in [0.15, 0.2) is 5.82 Å². The van der Waals surface area contributed by atoms with Crippen LogP contribution in [-0.4, -0.2) is 29.1 Å². The summed E-state index contributed by atoms with van der Waals surface area (Å²) >= 11 is 1.70. The number of rotatable bonds is 11. The van der Waals surface area contributed by atoms with Crippen molar-refractivity contribution in [3.8, 4) is 56.7 Å². The summed E-state index contributed by atoms with van der Waals surface area (Å²) in [7, 11) is 0. The molecule has 7 nitrogen and oxygen atoms in total. The SMILES string of the molecule is CC(C)c1cccc(C2CCCC2)c1-n1ccnc1-c1ccccc1.Cc1cc(-c2ncccn2)cc2c1Cc1cc(N3C=CSC=C3)c(-n3ccnc3-c3ccccc3C(C)C(C)C)c(C(C)C)c1-2. The van der Waals surface area contributed by atoms with Gasteiger partial charge in [0, 0.05) is 66.3 Å². The van der Waals surface area contributed by atoms with E-state index in [1.807, 2.05) is 30.9 Å². The van der Waals surface area contributed by atoms with Gasteiger partial charge in [-0.1, -0.05) is 134 Å². The Kier molecular flexibility index (Phi) is 13.6. The van der Waals surface area contributed by atoms with Gasteiger partial charge in [-0.3, -0.25) is 9.13 Å². The van der Waals surface area contributed by atoms with Gasteiger partial charge in [-0.25, -0.2) is 19.9 Å². The molecular weight excluding hydrogens is 875 g/mol. The highest BCUT2D eigenvalue weighted by molar-refractivity contribution is 8.04. The zero-order valence-corrected chi connectivity index (χ0v) is 42.8. The van der Waals surface area contributed by atoms with Crippen LogP contribution in [0.25, 0.3) is 56.7 Å². The van der Waals surface area contributed by atoms with E-state index in [4.69, 9.17) is 9.97 Å². The number of nitrogens with zero attached hydrogens (tertiary/aromatic N) is 7. The Bertz CT molecular complexity index is 3180. The van der Waals surface area contributed by atoms with Crippen molar-refractivity contribution < 1.29 is 0 Å². The Morgan fingerprint density at radius 3 is 1.97 bits per heavy atom. The second-order valence-electron chi connectivity index (χ2n) is 20.2. The maximum Gasteiger partial charge on any atom is 0.159 e. The van der Waals surface area contributed by atoms with Gasteiger partial charge in [0.1, 0.15) is 11.6 Å². The highest BCUT2D eigenvalue weighted by Crippen LogP contribution is 2.51. The summed E-state index contributed by atoms with van der Waals surface area (Å²) in [5.41, 5.74) is 19.3. The summed E-state index contributed by atoms with van der Waals surface area (Å²) in [6.45, 7) is 18.4. The van der Waals surface area contributed by atoms with Crippen LogP contribution >= 0.6 is 11.8 Å². The van der Waals surface area contributed by atoms with Crippen molar-refractivity contribution in [3.63, 3.8) is 0 Å². The van der Waals surface area contributed by atoms with E-state index in [-0.39, 0.29) is 5.92 Å². The fourth-order valence-corrected chi connectivity index (χ4v) is 11.5. The molecule has 0 amide bonds. The normalized spacial score (nSPS) is 14.6. The Labute approximate surface area is 419 Å². The van der Waals surface area contributed by atoms with E-state index in [2.05, 4.69) is 206 Å². The van der Waals surface area contributed by atoms with Gasteiger partial charge in [-0.15, -0.1) is 11.8 Å². The summed E-state index contributed by atoms with van der Waals surface area (Å²) < 4.78 is 4.66. The summed E-state index contributed by atoms with van der Waals surface area (Å²) in [6.07, 6.45) is 22.4. The third-order valence-electron chi connectivity index (χ3n) is 14.8. The van der Waals surface area contributed by atoms with Crippen molar-refractivity contribution in [1.82, 2.24) is 29.1 Å². The number of para-hydroxylation sites is 1. The summed E-state index contributed by atoms with van der Waals surface area (Å²) in [6, 6.07) is 35.0. The molecule has 1 unspecified atom stereocenters. The first kappa shape index (κ1) is 46.9. The number of imidazole rings is 2. The Morgan fingerprint density at radius 2 is 1.27 bits per heavy atom. The topological polar surface area (TPSA) is 64.7 Å². The third-order valence-corrected chi connectivity index (χ3v) is 15.3. The Morgan fingerprint density at radius 1 is 0.600 bits per heavy atom. The van der Waals surface area contributed by atoms with E-state index in [1.165, 1.54) is 98.3 Å². The Hall–Kier alpha value is -6.77. The molecule has 5 aromatic carbocycles. The second-order valence-corrected chi connectivity index (χ2v) is 21.0. The molecular formula is C62H65N7S. The van der Waals surface area contributed by atoms with Crippen LogP contribution in [0.15, 0.2) is 157 Å². The summed E-state index contributed by atoms with van der Waals surface area (Å²) in [5, 5.41) is 4.29. The van der Waals surface area contributed by atoms with Gasteiger partial charge in [0.2, 0.25) is 0 Å². The fourth-order valence-electron chi connectivity index (χ4n) is 11.0. The van der Waals surface area contributed by atoms with Crippen molar-refractivity contribution in [2.75, 3.05) is 4.90 Å². The zero-order valence-electron chi connectivity index (χ0n) is 42.0. The van der Waals surface area contributed by atoms with Gasteiger partial charge in [-0.05, 0) is 141 Å². The Balaban J connectivity index is 0.000000191. The molecule has 70 heavy (non-hydrogen) atoms. The summed E-state index contributed by atoms with van der Waals surface area (Å²) in [4.78, 5) is 21.2. The number of hydrogen-bond acceptors (Lipinski definition) is 6. The molecule has 0 radical (unpaired) electrons.